The summed E-state index contributed by atoms with van der Waals surface area (Å²) in [6, 6.07) is 0. The van der Waals surface area contributed by atoms with Gasteiger partial charge in [0.2, 0.25) is 0 Å². The van der Waals surface area contributed by atoms with E-state index in [9.17, 15) is 9.59 Å². The maximum absolute atomic E-state index is 12.7. The first-order valence-corrected chi connectivity index (χ1v) is 7.32. The lowest BCUT2D eigenvalue weighted by molar-refractivity contribution is -0.139. The molecular formula is C17H23NO3. The van der Waals surface area contributed by atoms with Crippen LogP contribution in [-0.4, -0.2) is 35.0 Å². The molecule has 4 nitrogen and oxygen atoms in total. The largest absolute Gasteiger partial charge is 0.481 e. The molecule has 0 spiro atoms. The highest BCUT2D eigenvalue weighted by Crippen LogP contribution is 2.29. The van der Waals surface area contributed by atoms with Gasteiger partial charge in [0.1, 0.15) is 0 Å². The standard InChI is InChI=1S/C17H23NO3/c1-9-10(2)12(4)16(13(5)11(9)3)17(21)18-7-14(8-18)6-15(19)20/h14H,6-8H2,1-5H3,(H,19,20). The topological polar surface area (TPSA) is 57.6 Å². The van der Waals surface area contributed by atoms with Crippen LogP contribution in [0.3, 0.4) is 0 Å². The number of nitrogens with zero attached hydrogens (tertiary/aromatic N) is 1. The van der Waals surface area contributed by atoms with Crippen LogP contribution in [0.5, 0.6) is 0 Å². The maximum atomic E-state index is 12.7. The quantitative estimate of drug-likeness (QED) is 0.931. The molecule has 0 radical (unpaired) electrons. The number of carbonyl (C=O) groups is 2. The lowest BCUT2D eigenvalue weighted by atomic mass is 9.87. The van der Waals surface area contributed by atoms with Gasteiger partial charge in [-0.1, -0.05) is 0 Å². The molecule has 21 heavy (non-hydrogen) atoms. The first kappa shape index (κ1) is 15.5. The normalized spacial score (nSPS) is 15.0. The van der Waals surface area contributed by atoms with E-state index in [2.05, 4.69) is 20.8 Å². The summed E-state index contributed by atoms with van der Waals surface area (Å²) in [5.74, 6) is -0.654. The van der Waals surface area contributed by atoms with Crippen molar-refractivity contribution in [3.8, 4) is 0 Å². The Bertz CT molecular complexity index is 584. The molecule has 114 valence electrons. The fraction of sp³-hybridized carbons (Fsp3) is 0.529. The number of aliphatic carboxylic acids is 1. The second-order valence-electron chi connectivity index (χ2n) is 6.17. The van der Waals surface area contributed by atoms with Crippen molar-refractivity contribution in [3.63, 3.8) is 0 Å². The Morgan fingerprint density at radius 2 is 1.38 bits per heavy atom. The van der Waals surface area contributed by atoms with Gasteiger partial charge in [-0.2, -0.15) is 0 Å². The highest BCUT2D eigenvalue weighted by Gasteiger charge is 2.34. The monoisotopic (exact) mass is 289 g/mol. The fourth-order valence-corrected chi connectivity index (χ4v) is 3.09. The Hall–Kier alpha value is -1.84. The van der Waals surface area contributed by atoms with Crippen molar-refractivity contribution in [3.05, 3.63) is 33.4 Å². The Morgan fingerprint density at radius 1 is 0.952 bits per heavy atom. The van der Waals surface area contributed by atoms with Crippen LogP contribution in [0.1, 0.15) is 44.6 Å². The minimum Gasteiger partial charge on any atom is -0.481 e. The molecule has 1 aliphatic rings. The first-order valence-electron chi connectivity index (χ1n) is 7.32. The van der Waals surface area contributed by atoms with Gasteiger partial charge in [0.05, 0.1) is 6.42 Å². The van der Waals surface area contributed by atoms with Crippen LogP contribution in [-0.2, 0) is 4.79 Å². The highest BCUT2D eigenvalue weighted by molar-refractivity contribution is 5.98. The van der Waals surface area contributed by atoms with Crippen LogP contribution in [0.2, 0.25) is 0 Å². The number of carboxylic acid groups (broad SMARTS) is 1. The van der Waals surface area contributed by atoms with Gasteiger partial charge in [0, 0.05) is 24.6 Å². The Morgan fingerprint density at radius 3 is 1.81 bits per heavy atom. The average molecular weight is 289 g/mol. The summed E-state index contributed by atoms with van der Waals surface area (Å²) >= 11 is 0. The molecule has 1 saturated heterocycles. The molecule has 1 aromatic carbocycles. The SMILES string of the molecule is Cc1c(C)c(C)c(C(=O)N2CC(CC(=O)O)C2)c(C)c1C. The minimum absolute atomic E-state index is 0.0397. The first-order chi connectivity index (χ1) is 9.73. The van der Waals surface area contributed by atoms with Crippen molar-refractivity contribution in [2.24, 2.45) is 5.92 Å². The molecule has 1 aliphatic heterocycles. The zero-order chi connectivity index (χ0) is 15.9. The molecule has 0 aliphatic carbocycles. The number of carboxylic acids is 1. The summed E-state index contributed by atoms with van der Waals surface area (Å²) in [4.78, 5) is 25.1. The van der Waals surface area contributed by atoms with Gasteiger partial charge in [0.25, 0.3) is 5.91 Å². The predicted molar refractivity (Wildman–Crippen MR) is 81.8 cm³/mol. The van der Waals surface area contributed by atoms with E-state index >= 15 is 0 Å². The highest BCUT2D eigenvalue weighted by atomic mass is 16.4. The molecule has 0 atom stereocenters. The Labute approximate surface area is 125 Å². The number of rotatable bonds is 3. The molecule has 1 fully saturated rings. The zero-order valence-corrected chi connectivity index (χ0v) is 13.4. The maximum Gasteiger partial charge on any atom is 0.303 e. The van der Waals surface area contributed by atoms with E-state index in [-0.39, 0.29) is 18.2 Å². The summed E-state index contributed by atoms with van der Waals surface area (Å²) in [5, 5.41) is 8.78. The van der Waals surface area contributed by atoms with Crippen LogP contribution in [0.25, 0.3) is 0 Å². The minimum atomic E-state index is -0.790. The molecule has 0 unspecified atom stereocenters. The molecule has 1 N–H and O–H groups in total. The number of amides is 1. The molecule has 1 amide bonds. The smallest absolute Gasteiger partial charge is 0.303 e. The van der Waals surface area contributed by atoms with E-state index in [1.807, 2.05) is 13.8 Å². The van der Waals surface area contributed by atoms with E-state index < -0.39 is 5.97 Å². The lowest BCUT2D eigenvalue weighted by Gasteiger charge is -2.39. The van der Waals surface area contributed by atoms with Crippen LogP contribution in [0.4, 0.5) is 0 Å². The molecule has 0 saturated carbocycles. The summed E-state index contributed by atoms with van der Waals surface area (Å²) in [6.45, 7) is 11.3. The van der Waals surface area contributed by atoms with Gasteiger partial charge in [0.15, 0.2) is 0 Å². The second-order valence-corrected chi connectivity index (χ2v) is 6.17. The van der Waals surface area contributed by atoms with E-state index in [0.717, 1.165) is 16.7 Å². The van der Waals surface area contributed by atoms with Crippen molar-refractivity contribution < 1.29 is 14.7 Å². The van der Waals surface area contributed by atoms with E-state index in [4.69, 9.17) is 5.11 Å². The van der Waals surface area contributed by atoms with Crippen LogP contribution >= 0.6 is 0 Å². The third kappa shape index (κ3) is 2.67. The van der Waals surface area contributed by atoms with Crippen molar-refractivity contribution in [1.29, 1.82) is 0 Å². The van der Waals surface area contributed by atoms with Gasteiger partial charge >= 0.3 is 5.97 Å². The molecule has 2 rings (SSSR count). The number of likely N-dealkylation sites (tertiary alicyclic amines) is 1. The molecule has 0 aromatic heterocycles. The van der Waals surface area contributed by atoms with Crippen molar-refractivity contribution in [1.82, 2.24) is 4.90 Å². The Balaban J connectivity index is 2.24. The van der Waals surface area contributed by atoms with E-state index in [1.165, 1.54) is 16.7 Å². The summed E-state index contributed by atoms with van der Waals surface area (Å²) < 4.78 is 0. The number of hydrogen-bond acceptors (Lipinski definition) is 2. The molecular weight excluding hydrogens is 266 g/mol. The zero-order valence-electron chi connectivity index (χ0n) is 13.4. The summed E-state index contributed by atoms with van der Waals surface area (Å²) in [7, 11) is 0. The predicted octanol–water partition coefficient (Wildman–Crippen LogP) is 2.78. The van der Waals surface area contributed by atoms with Crippen molar-refractivity contribution >= 4 is 11.9 Å². The van der Waals surface area contributed by atoms with Gasteiger partial charge < -0.3 is 10.0 Å². The Kier molecular flexibility index (Phi) is 4.08. The van der Waals surface area contributed by atoms with E-state index in [0.29, 0.717) is 13.1 Å². The van der Waals surface area contributed by atoms with Gasteiger partial charge in [-0.3, -0.25) is 9.59 Å². The van der Waals surface area contributed by atoms with Gasteiger partial charge in [-0.25, -0.2) is 0 Å². The average Bonchev–Trinajstić information content (AvgIpc) is 2.37. The summed E-state index contributed by atoms with van der Waals surface area (Å²) in [6.07, 6.45) is 0.147. The number of benzene rings is 1. The fourth-order valence-electron chi connectivity index (χ4n) is 3.09. The van der Waals surface area contributed by atoms with Gasteiger partial charge in [-0.15, -0.1) is 0 Å². The second kappa shape index (κ2) is 5.51. The molecule has 4 heteroatoms. The van der Waals surface area contributed by atoms with Crippen LogP contribution in [0, 0.1) is 40.5 Å². The summed E-state index contributed by atoms with van der Waals surface area (Å²) in [5.41, 5.74) is 6.47. The molecule has 0 bridgehead atoms. The van der Waals surface area contributed by atoms with Crippen LogP contribution < -0.4 is 0 Å². The van der Waals surface area contributed by atoms with Gasteiger partial charge in [-0.05, 0) is 62.4 Å². The molecule has 1 heterocycles. The molecule has 1 aromatic rings. The third-order valence-corrected chi connectivity index (χ3v) is 4.92. The van der Waals surface area contributed by atoms with E-state index in [1.54, 1.807) is 4.90 Å². The van der Waals surface area contributed by atoms with Crippen molar-refractivity contribution in [2.45, 2.75) is 41.0 Å². The third-order valence-electron chi connectivity index (χ3n) is 4.92. The van der Waals surface area contributed by atoms with Crippen molar-refractivity contribution in [2.75, 3.05) is 13.1 Å². The number of carbonyl (C=O) groups excluding carboxylic acids is 1. The van der Waals surface area contributed by atoms with Crippen LogP contribution in [0.15, 0.2) is 0 Å². The number of hydrogen-bond donors (Lipinski definition) is 1. The lowest BCUT2D eigenvalue weighted by Crippen LogP contribution is -2.51.